The van der Waals surface area contributed by atoms with Gasteiger partial charge in [-0.15, -0.1) is 0 Å². The summed E-state index contributed by atoms with van der Waals surface area (Å²) in [5.41, 5.74) is 2.13. The molecule has 9 nitrogen and oxygen atoms in total. The lowest BCUT2D eigenvalue weighted by Crippen LogP contribution is -2.32. The minimum absolute atomic E-state index is 0.0337. The average molecular weight is 438 g/mol. The number of carbonyl (C=O) groups excluding carboxylic acids is 4. The highest BCUT2D eigenvalue weighted by molar-refractivity contribution is 6.21. The first-order valence-corrected chi connectivity index (χ1v) is 10.2. The summed E-state index contributed by atoms with van der Waals surface area (Å²) in [6.07, 6.45) is -0.816. The third-order valence-electron chi connectivity index (χ3n) is 5.21. The van der Waals surface area contributed by atoms with Crippen LogP contribution in [0.5, 0.6) is 11.5 Å². The molecule has 2 aromatic carbocycles. The molecule has 32 heavy (non-hydrogen) atoms. The Morgan fingerprint density at radius 2 is 1.81 bits per heavy atom. The monoisotopic (exact) mass is 438 g/mol. The molecule has 0 aliphatic carbocycles. The number of fused-ring (bicyclic) bond motifs is 2. The lowest BCUT2D eigenvalue weighted by Gasteiger charge is -2.15. The molecule has 1 unspecified atom stereocenters. The van der Waals surface area contributed by atoms with Crippen LogP contribution in [0.2, 0.25) is 0 Å². The number of carbonyl (C=O) groups is 4. The summed E-state index contributed by atoms with van der Waals surface area (Å²) < 4.78 is 15.7. The van der Waals surface area contributed by atoms with Gasteiger partial charge in [0.25, 0.3) is 17.7 Å². The van der Waals surface area contributed by atoms with Gasteiger partial charge in [0.05, 0.1) is 11.1 Å². The Labute approximate surface area is 184 Å². The van der Waals surface area contributed by atoms with E-state index in [4.69, 9.17) is 14.2 Å². The predicted octanol–water partition coefficient (Wildman–Crippen LogP) is 2.67. The van der Waals surface area contributed by atoms with E-state index in [9.17, 15) is 19.2 Å². The maximum atomic E-state index is 12.5. The Bertz CT molecular complexity index is 1110. The molecule has 3 amide bonds. The van der Waals surface area contributed by atoms with Crippen LogP contribution in [-0.4, -0.2) is 48.0 Å². The number of rotatable bonds is 7. The molecule has 0 fully saturated rings. The molecule has 1 N–H and O–H groups in total. The Balaban J connectivity index is 1.24. The number of benzene rings is 2. The van der Waals surface area contributed by atoms with E-state index in [1.54, 1.807) is 36.4 Å². The first-order chi connectivity index (χ1) is 15.3. The van der Waals surface area contributed by atoms with Gasteiger partial charge in [-0.25, -0.2) is 0 Å². The van der Waals surface area contributed by atoms with E-state index in [2.05, 4.69) is 5.32 Å². The minimum Gasteiger partial charge on any atom is -0.454 e. The summed E-state index contributed by atoms with van der Waals surface area (Å²) in [4.78, 5) is 50.5. The maximum Gasteiger partial charge on any atom is 0.306 e. The van der Waals surface area contributed by atoms with Gasteiger partial charge in [-0.05, 0) is 44.5 Å². The topological polar surface area (TPSA) is 111 Å². The molecule has 0 aromatic heterocycles. The van der Waals surface area contributed by atoms with Gasteiger partial charge in [0.1, 0.15) is 0 Å². The number of hydrogen-bond donors (Lipinski definition) is 1. The van der Waals surface area contributed by atoms with Crippen molar-refractivity contribution in [1.82, 2.24) is 4.90 Å². The fourth-order valence-corrected chi connectivity index (χ4v) is 3.52. The van der Waals surface area contributed by atoms with Crippen molar-refractivity contribution in [3.8, 4) is 11.5 Å². The molecule has 1 atom stereocenters. The molecule has 0 spiro atoms. The minimum atomic E-state index is -1.02. The smallest absolute Gasteiger partial charge is 0.306 e. The van der Waals surface area contributed by atoms with E-state index >= 15 is 0 Å². The Kier molecular flexibility index (Phi) is 5.81. The van der Waals surface area contributed by atoms with E-state index < -0.39 is 18.0 Å². The SMILES string of the molecule is Cc1ccc2c(c1)C(=O)N(CCCC(=O)OC(C)C(=O)Nc1ccc3c(c1)OCO3)C2=O. The normalized spacial score (nSPS) is 14.9. The molecule has 2 aliphatic heterocycles. The fraction of sp³-hybridized carbons (Fsp3) is 0.304. The quantitative estimate of drug-likeness (QED) is 0.523. The second kappa shape index (κ2) is 8.70. The van der Waals surface area contributed by atoms with Gasteiger partial charge in [-0.3, -0.25) is 24.1 Å². The van der Waals surface area contributed by atoms with Crippen molar-refractivity contribution in [1.29, 1.82) is 0 Å². The Morgan fingerprint density at radius 1 is 1.06 bits per heavy atom. The highest BCUT2D eigenvalue weighted by atomic mass is 16.7. The van der Waals surface area contributed by atoms with Crippen LogP contribution in [0.3, 0.4) is 0 Å². The third-order valence-corrected chi connectivity index (χ3v) is 5.21. The van der Waals surface area contributed by atoms with Crippen molar-refractivity contribution in [2.45, 2.75) is 32.8 Å². The number of imide groups is 1. The predicted molar refractivity (Wildman–Crippen MR) is 113 cm³/mol. The van der Waals surface area contributed by atoms with Crippen LogP contribution < -0.4 is 14.8 Å². The largest absolute Gasteiger partial charge is 0.454 e. The average Bonchev–Trinajstić information content (AvgIpc) is 3.31. The van der Waals surface area contributed by atoms with Crippen molar-refractivity contribution in [3.05, 3.63) is 53.1 Å². The van der Waals surface area contributed by atoms with E-state index in [0.717, 1.165) is 10.5 Å². The Hall–Kier alpha value is -3.88. The van der Waals surface area contributed by atoms with Gasteiger partial charge in [-0.2, -0.15) is 0 Å². The molecule has 4 rings (SSSR count). The van der Waals surface area contributed by atoms with Gasteiger partial charge in [0.15, 0.2) is 17.6 Å². The molecule has 0 radical (unpaired) electrons. The summed E-state index contributed by atoms with van der Waals surface area (Å²) in [5, 5.41) is 2.65. The van der Waals surface area contributed by atoms with Crippen molar-refractivity contribution in [2.24, 2.45) is 0 Å². The number of amides is 3. The van der Waals surface area contributed by atoms with E-state index in [-0.39, 0.29) is 38.0 Å². The van der Waals surface area contributed by atoms with E-state index in [1.165, 1.54) is 6.92 Å². The highest BCUT2D eigenvalue weighted by Crippen LogP contribution is 2.34. The molecular weight excluding hydrogens is 416 g/mol. The van der Waals surface area contributed by atoms with Crippen molar-refractivity contribution in [3.63, 3.8) is 0 Å². The van der Waals surface area contributed by atoms with Gasteiger partial charge in [-0.1, -0.05) is 11.6 Å². The number of nitrogens with zero attached hydrogens (tertiary/aromatic N) is 1. The first kappa shape index (κ1) is 21.4. The molecule has 0 saturated heterocycles. The molecule has 0 saturated carbocycles. The summed E-state index contributed by atoms with van der Waals surface area (Å²) in [6, 6.07) is 10.1. The Morgan fingerprint density at radius 3 is 2.62 bits per heavy atom. The van der Waals surface area contributed by atoms with Gasteiger partial charge in [0.2, 0.25) is 6.79 Å². The summed E-state index contributed by atoms with van der Waals surface area (Å²) in [5.74, 6) is -0.696. The van der Waals surface area contributed by atoms with Gasteiger partial charge in [0, 0.05) is 24.7 Å². The zero-order valence-corrected chi connectivity index (χ0v) is 17.7. The molecule has 2 aliphatic rings. The van der Waals surface area contributed by atoms with Gasteiger partial charge < -0.3 is 19.5 Å². The first-order valence-electron chi connectivity index (χ1n) is 10.2. The van der Waals surface area contributed by atoms with Crippen molar-refractivity contribution in [2.75, 3.05) is 18.7 Å². The second-order valence-corrected chi connectivity index (χ2v) is 7.60. The van der Waals surface area contributed by atoms with Crippen LogP contribution in [0.4, 0.5) is 5.69 Å². The summed E-state index contributed by atoms with van der Waals surface area (Å²) >= 11 is 0. The lowest BCUT2D eigenvalue weighted by atomic mass is 10.1. The standard InChI is InChI=1S/C23H22N2O7/c1-13-5-7-16-17(10-13)23(29)25(22(16)28)9-3-4-20(26)32-14(2)21(27)24-15-6-8-18-19(11-15)31-12-30-18/h5-8,10-11,14H,3-4,9,12H2,1-2H3,(H,24,27). The zero-order chi connectivity index (χ0) is 22.8. The number of nitrogens with one attached hydrogen (secondary N) is 1. The molecule has 2 heterocycles. The fourth-order valence-electron chi connectivity index (χ4n) is 3.52. The van der Waals surface area contributed by atoms with Crippen molar-refractivity contribution < 1.29 is 33.4 Å². The number of ether oxygens (including phenoxy) is 3. The summed E-state index contributed by atoms with van der Waals surface area (Å²) in [6.45, 7) is 3.53. The van der Waals surface area contributed by atoms with Crippen LogP contribution >= 0.6 is 0 Å². The molecule has 0 bridgehead atoms. The molecule has 2 aromatic rings. The van der Waals surface area contributed by atoms with E-state index in [0.29, 0.717) is 28.3 Å². The van der Waals surface area contributed by atoms with Crippen LogP contribution in [0.1, 0.15) is 46.0 Å². The third kappa shape index (κ3) is 4.27. The number of esters is 1. The van der Waals surface area contributed by atoms with Gasteiger partial charge >= 0.3 is 5.97 Å². The van der Waals surface area contributed by atoms with Crippen LogP contribution in [0, 0.1) is 6.92 Å². The second-order valence-electron chi connectivity index (χ2n) is 7.60. The number of hydrogen-bond acceptors (Lipinski definition) is 7. The van der Waals surface area contributed by atoms with Crippen LogP contribution in [-0.2, 0) is 14.3 Å². The van der Waals surface area contributed by atoms with Crippen LogP contribution in [0.15, 0.2) is 36.4 Å². The lowest BCUT2D eigenvalue weighted by molar-refractivity contribution is -0.153. The highest BCUT2D eigenvalue weighted by Gasteiger charge is 2.35. The molecule has 166 valence electrons. The zero-order valence-electron chi connectivity index (χ0n) is 17.7. The van der Waals surface area contributed by atoms with E-state index in [1.807, 2.05) is 6.92 Å². The maximum absolute atomic E-state index is 12.5. The molecular formula is C23H22N2O7. The number of aryl methyl sites for hydroxylation is 1. The molecule has 9 heteroatoms. The number of anilines is 1. The summed E-state index contributed by atoms with van der Waals surface area (Å²) in [7, 11) is 0. The van der Waals surface area contributed by atoms with Crippen LogP contribution in [0.25, 0.3) is 0 Å². The van der Waals surface area contributed by atoms with Crippen molar-refractivity contribution >= 4 is 29.4 Å².